The minimum absolute atomic E-state index is 0.0406. The summed E-state index contributed by atoms with van der Waals surface area (Å²) in [7, 11) is 0. The Hall–Kier alpha value is -2.37. The SMILES string of the molecule is O=C(O)c1cn(-c2ccc(=O)[nH]c2)cn1. The molecule has 15 heavy (non-hydrogen) atoms. The first-order chi connectivity index (χ1) is 7.16. The molecule has 0 aliphatic carbocycles. The Morgan fingerprint density at radius 2 is 2.27 bits per heavy atom. The Morgan fingerprint density at radius 1 is 1.47 bits per heavy atom. The van der Waals surface area contributed by atoms with Gasteiger partial charge in [-0.3, -0.25) is 4.79 Å². The Morgan fingerprint density at radius 3 is 2.80 bits per heavy atom. The number of carboxylic acids is 1. The van der Waals surface area contributed by atoms with Gasteiger partial charge in [-0.2, -0.15) is 0 Å². The highest BCUT2D eigenvalue weighted by Crippen LogP contribution is 2.05. The van der Waals surface area contributed by atoms with E-state index in [0.717, 1.165) is 0 Å². The summed E-state index contributed by atoms with van der Waals surface area (Å²) < 4.78 is 1.51. The van der Waals surface area contributed by atoms with Gasteiger partial charge in [-0.25, -0.2) is 9.78 Å². The van der Waals surface area contributed by atoms with E-state index in [1.807, 2.05) is 0 Å². The maximum absolute atomic E-state index is 10.8. The van der Waals surface area contributed by atoms with E-state index < -0.39 is 5.97 Å². The molecule has 0 fully saturated rings. The molecule has 2 heterocycles. The molecular weight excluding hydrogens is 198 g/mol. The lowest BCUT2D eigenvalue weighted by atomic mass is 10.4. The van der Waals surface area contributed by atoms with Crippen LogP contribution in [-0.2, 0) is 0 Å². The quantitative estimate of drug-likeness (QED) is 0.736. The molecule has 0 unspecified atom stereocenters. The molecule has 0 aliphatic rings. The predicted octanol–water partition coefficient (Wildman–Crippen LogP) is 0.259. The zero-order chi connectivity index (χ0) is 10.8. The second-order valence-electron chi connectivity index (χ2n) is 2.88. The van der Waals surface area contributed by atoms with Crippen LogP contribution >= 0.6 is 0 Å². The fourth-order valence-corrected chi connectivity index (χ4v) is 1.14. The van der Waals surface area contributed by atoms with Crippen LogP contribution in [0.5, 0.6) is 0 Å². The molecule has 2 aromatic rings. The molecule has 0 aromatic carbocycles. The van der Waals surface area contributed by atoms with Crippen molar-refractivity contribution >= 4 is 5.97 Å². The van der Waals surface area contributed by atoms with E-state index in [1.54, 1.807) is 6.07 Å². The number of pyridine rings is 1. The second kappa shape index (κ2) is 3.41. The number of imidazole rings is 1. The van der Waals surface area contributed by atoms with Crippen molar-refractivity contribution in [2.45, 2.75) is 0 Å². The third-order valence-corrected chi connectivity index (χ3v) is 1.87. The summed E-state index contributed by atoms with van der Waals surface area (Å²) >= 11 is 0. The number of aromatic carboxylic acids is 1. The van der Waals surface area contributed by atoms with Gasteiger partial charge >= 0.3 is 5.97 Å². The molecule has 6 nitrogen and oxygen atoms in total. The van der Waals surface area contributed by atoms with Gasteiger partial charge in [-0.1, -0.05) is 0 Å². The second-order valence-corrected chi connectivity index (χ2v) is 2.88. The zero-order valence-corrected chi connectivity index (χ0v) is 7.54. The molecule has 76 valence electrons. The number of carboxylic acid groups (broad SMARTS) is 1. The lowest BCUT2D eigenvalue weighted by Gasteiger charge is -1.98. The van der Waals surface area contributed by atoms with Crippen molar-refractivity contribution in [3.8, 4) is 5.69 Å². The van der Waals surface area contributed by atoms with Crippen LogP contribution in [0.3, 0.4) is 0 Å². The molecule has 0 radical (unpaired) electrons. The summed E-state index contributed by atoms with van der Waals surface area (Å²) in [5.41, 5.74) is 0.396. The molecular formula is C9H7N3O3. The third kappa shape index (κ3) is 1.78. The number of rotatable bonds is 2. The smallest absolute Gasteiger partial charge is 0.356 e. The molecule has 2 N–H and O–H groups in total. The third-order valence-electron chi connectivity index (χ3n) is 1.87. The Bertz CT molecular complexity index is 535. The summed E-state index contributed by atoms with van der Waals surface area (Å²) in [6.07, 6.45) is 4.22. The van der Waals surface area contributed by atoms with Gasteiger partial charge in [0.1, 0.15) is 6.33 Å². The first kappa shape index (κ1) is 9.20. The standard InChI is InChI=1S/C9H7N3O3/c13-8-2-1-6(3-10-8)12-4-7(9(14)15)11-5-12/h1-5H,(H,10,13)(H,14,15). The minimum atomic E-state index is -1.09. The normalized spacial score (nSPS) is 10.1. The van der Waals surface area contributed by atoms with E-state index in [-0.39, 0.29) is 11.3 Å². The van der Waals surface area contributed by atoms with E-state index in [9.17, 15) is 9.59 Å². The summed E-state index contributed by atoms with van der Waals surface area (Å²) in [6.45, 7) is 0. The van der Waals surface area contributed by atoms with Gasteiger partial charge < -0.3 is 14.7 Å². The van der Waals surface area contributed by atoms with Crippen molar-refractivity contribution in [2.75, 3.05) is 0 Å². The summed E-state index contributed by atoms with van der Waals surface area (Å²) in [5, 5.41) is 8.66. The maximum atomic E-state index is 10.8. The molecule has 0 saturated heterocycles. The lowest BCUT2D eigenvalue weighted by molar-refractivity contribution is 0.0691. The monoisotopic (exact) mass is 205 g/mol. The van der Waals surface area contributed by atoms with E-state index >= 15 is 0 Å². The number of aromatic amines is 1. The van der Waals surface area contributed by atoms with Crippen molar-refractivity contribution in [3.63, 3.8) is 0 Å². The minimum Gasteiger partial charge on any atom is -0.476 e. The van der Waals surface area contributed by atoms with Gasteiger partial charge in [0.15, 0.2) is 5.69 Å². The fraction of sp³-hybridized carbons (Fsp3) is 0. The number of nitrogens with one attached hydrogen (secondary N) is 1. The van der Waals surface area contributed by atoms with Gasteiger partial charge in [-0.15, -0.1) is 0 Å². The number of aromatic nitrogens is 3. The summed E-state index contributed by atoms with van der Waals surface area (Å²) in [4.78, 5) is 27.5. The molecule has 0 amide bonds. The molecule has 2 aromatic heterocycles. The first-order valence-corrected chi connectivity index (χ1v) is 4.13. The van der Waals surface area contributed by atoms with Gasteiger partial charge in [0.05, 0.1) is 5.69 Å². The van der Waals surface area contributed by atoms with E-state index in [4.69, 9.17) is 5.11 Å². The van der Waals surface area contributed by atoms with Gasteiger partial charge in [0.25, 0.3) is 0 Å². The van der Waals surface area contributed by atoms with Gasteiger partial charge in [-0.05, 0) is 6.07 Å². The van der Waals surface area contributed by atoms with Crippen molar-refractivity contribution in [2.24, 2.45) is 0 Å². The molecule has 2 rings (SSSR count). The van der Waals surface area contributed by atoms with E-state index in [1.165, 1.54) is 29.4 Å². The van der Waals surface area contributed by atoms with Crippen molar-refractivity contribution < 1.29 is 9.90 Å². The molecule has 0 bridgehead atoms. The number of carbonyl (C=O) groups is 1. The highest BCUT2D eigenvalue weighted by atomic mass is 16.4. The molecule has 6 heteroatoms. The van der Waals surface area contributed by atoms with Crippen LogP contribution in [-0.4, -0.2) is 25.6 Å². The van der Waals surface area contributed by atoms with Crippen LogP contribution in [0, 0.1) is 0 Å². The molecule has 0 aliphatic heterocycles. The van der Waals surface area contributed by atoms with Crippen molar-refractivity contribution in [3.05, 3.63) is 46.9 Å². The topological polar surface area (TPSA) is 88.0 Å². The first-order valence-electron chi connectivity index (χ1n) is 4.13. The highest BCUT2D eigenvalue weighted by molar-refractivity contribution is 5.85. The Balaban J connectivity index is 2.41. The Kier molecular flexibility index (Phi) is 2.09. The summed E-state index contributed by atoms with van der Waals surface area (Å²) in [5.74, 6) is -1.09. The van der Waals surface area contributed by atoms with Gasteiger partial charge in [0.2, 0.25) is 5.56 Å². The zero-order valence-electron chi connectivity index (χ0n) is 7.54. The summed E-state index contributed by atoms with van der Waals surface area (Å²) in [6, 6.07) is 2.93. The van der Waals surface area contributed by atoms with Crippen LogP contribution < -0.4 is 5.56 Å². The highest BCUT2D eigenvalue weighted by Gasteiger charge is 2.06. The molecule has 0 spiro atoms. The average Bonchev–Trinajstić information content (AvgIpc) is 2.68. The average molecular weight is 205 g/mol. The van der Waals surface area contributed by atoms with Gasteiger partial charge in [0, 0.05) is 18.5 Å². The van der Waals surface area contributed by atoms with Crippen LogP contribution in [0.15, 0.2) is 35.6 Å². The number of H-pyrrole nitrogens is 1. The lowest BCUT2D eigenvalue weighted by Crippen LogP contribution is -2.03. The predicted molar refractivity (Wildman–Crippen MR) is 51.1 cm³/mol. The van der Waals surface area contributed by atoms with E-state index in [2.05, 4.69) is 9.97 Å². The van der Waals surface area contributed by atoms with Crippen LogP contribution in [0.4, 0.5) is 0 Å². The van der Waals surface area contributed by atoms with Crippen LogP contribution in [0.2, 0.25) is 0 Å². The molecule has 0 atom stereocenters. The Labute approximate surface area is 83.8 Å². The van der Waals surface area contributed by atoms with Crippen molar-refractivity contribution in [1.29, 1.82) is 0 Å². The van der Waals surface area contributed by atoms with Crippen LogP contribution in [0.1, 0.15) is 10.5 Å². The number of hydrogen-bond acceptors (Lipinski definition) is 3. The molecule has 0 saturated carbocycles. The number of nitrogens with zero attached hydrogens (tertiary/aromatic N) is 2. The van der Waals surface area contributed by atoms with Crippen molar-refractivity contribution in [1.82, 2.24) is 14.5 Å². The largest absolute Gasteiger partial charge is 0.476 e. The fourth-order valence-electron chi connectivity index (χ4n) is 1.14. The maximum Gasteiger partial charge on any atom is 0.356 e. The van der Waals surface area contributed by atoms with Crippen LogP contribution in [0.25, 0.3) is 5.69 Å². The van der Waals surface area contributed by atoms with E-state index in [0.29, 0.717) is 5.69 Å². The number of hydrogen-bond donors (Lipinski definition) is 2.